The Hall–Kier alpha value is -1.33. The maximum absolute atomic E-state index is 11.4. The van der Waals surface area contributed by atoms with Crippen molar-refractivity contribution in [3.05, 3.63) is 35.5 Å². The first-order valence-corrected chi connectivity index (χ1v) is 7.71. The van der Waals surface area contributed by atoms with Crippen LogP contribution in [0, 0.1) is 0 Å². The lowest BCUT2D eigenvalue weighted by Gasteiger charge is -2.04. The predicted octanol–water partition coefficient (Wildman–Crippen LogP) is 1.82. The molecule has 0 bridgehead atoms. The van der Waals surface area contributed by atoms with Gasteiger partial charge >= 0.3 is 0 Å². The van der Waals surface area contributed by atoms with Crippen LogP contribution in [0.5, 0.6) is 0 Å². The number of fused-ring (bicyclic) bond motifs is 1. The van der Waals surface area contributed by atoms with Gasteiger partial charge in [0.1, 0.15) is 0 Å². The minimum absolute atomic E-state index is 0.126. The highest BCUT2D eigenvalue weighted by Gasteiger charge is 2.08. The number of rotatable bonds is 5. The predicted molar refractivity (Wildman–Crippen MR) is 74.2 cm³/mol. The second-order valence-electron chi connectivity index (χ2n) is 4.32. The first-order valence-electron chi connectivity index (χ1n) is 6.06. The minimum Gasteiger partial charge on any atom is -0.361 e. The molecule has 98 valence electrons. The van der Waals surface area contributed by atoms with Gasteiger partial charge in [0.2, 0.25) is 10.0 Å². The number of aromatic amines is 1. The number of hydrogen-bond acceptors (Lipinski definition) is 2. The van der Waals surface area contributed by atoms with Gasteiger partial charge in [0.25, 0.3) is 0 Å². The van der Waals surface area contributed by atoms with E-state index in [4.69, 9.17) is 0 Å². The van der Waals surface area contributed by atoms with Gasteiger partial charge in [0, 0.05) is 17.1 Å². The third kappa shape index (κ3) is 2.73. The summed E-state index contributed by atoms with van der Waals surface area (Å²) in [6, 6.07) is 6.06. The van der Waals surface area contributed by atoms with Gasteiger partial charge < -0.3 is 4.98 Å². The zero-order valence-corrected chi connectivity index (χ0v) is 11.5. The lowest BCUT2D eigenvalue weighted by atomic mass is 10.1. The third-order valence-corrected chi connectivity index (χ3v) is 4.55. The topological polar surface area (TPSA) is 62.0 Å². The molecule has 2 N–H and O–H groups in total. The van der Waals surface area contributed by atoms with E-state index < -0.39 is 10.0 Å². The summed E-state index contributed by atoms with van der Waals surface area (Å²) in [7, 11) is -1.69. The molecular formula is C13H18N2O2S. The summed E-state index contributed by atoms with van der Waals surface area (Å²) >= 11 is 0. The summed E-state index contributed by atoms with van der Waals surface area (Å²) in [5.41, 5.74) is 3.42. The lowest BCUT2D eigenvalue weighted by molar-refractivity contribution is 0.587. The number of sulfonamides is 1. The van der Waals surface area contributed by atoms with Crippen molar-refractivity contribution in [3.8, 4) is 0 Å². The molecule has 0 saturated heterocycles. The maximum Gasteiger partial charge on any atom is 0.211 e. The van der Waals surface area contributed by atoms with Crippen LogP contribution < -0.4 is 4.72 Å². The second kappa shape index (κ2) is 5.12. The van der Waals surface area contributed by atoms with Gasteiger partial charge in [-0.25, -0.2) is 13.1 Å². The van der Waals surface area contributed by atoms with Crippen molar-refractivity contribution >= 4 is 20.9 Å². The van der Waals surface area contributed by atoms with Crippen molar-refractivity contribution in [1.29, 1.82) is 0 Å². The van der Waals surface area contributed by atoms with Crippen LogP contribution in [0.4, 0.5) is 0 Å². The summed E-state index contributed by atoms with van der Waals surface area (Å²) in [4.78, 5) is 3.22. The van der Waals surface area contributed by atoms with Gasteiger partial charge in [-0.15, -0.1) is 0 Å². The Morgan fingerprint density at radius 3 is 2.78 bits per heavy atom. The molecule has 0 spiro atoms. The van der Waals surface area contributed by atoms with Crippen molar-refractivity contribution in [2.24, 2.45) is 0 Å². The van der Waals surface area contributed by atoms with Crippen molar-refractivity contribution in [2.75, 3.05) is 12.8 Å². The van der Waals surface area contributed by atoms with Crippen LogP contribution in [0.25, 0.3) is 10.9 Å². The van der Waals surface area contributed by atoms with Crippen molar-refractivity contribution < 1.29 is 8.42 Å². The number of H-pyrrole nitrogens is 1. The summed E-state index contributed by atoms with van der Waals surface area (Å²) in [5.74, 6) is 0.126. The summed E-state index contributed by atoms with van der Waals surface area (Å²) in [5, 5.41) is 1.19. The van der Waals surface area contributed by atoms with Crippen molar-refractivity contribution in [3.63, 3.8) is 0 Å². The molecule has 0 unspecified atom stereocenters. The number of benzene rings is 1. The van der Waals surface area contributed by atoms with E-state index in [1.54, 1.807) is 0 Å². The molecule has 18 heavy (non-hydrogen) atoms. The van der Waals surface area contributed by atoms with Gasteiger partial charge in [-0.2, -0.15) is 0 Å². The molecule has 0 saturated carbocycles. The molecule has 2 aromatic rings. The van der Waals surface area contributed by atoms with E-state index in [1.807, 2.05) is 18.3 Å². The van der Waals surface area contributed by atoms with Crippen LogP contribution in [-0.2, 0) is 22.9 Å². The molecular weight excluding hydrogens is 248 g/mol. The van der Waals surface area contributed by atoms with Crippen LogP contribution in [0.2, 0.25) is 0 Å². The molecule has 0 atom stereocenters. The van der Waals surface area contributed by atoms with E-state index in [0.29, 0.717) is 6.42 Å². The smallest absolute Gasteiger partial charge is 0.211 e. The Balaban J connectivity index is 2.24. The van der Waals surface area contributed by atoms with E-state index in [1.165, 1.54) is 18.0 Å². The normalized spacial score (nSPS) is 12.1. The van der Waals surface area contributed by atoms with Crippen molar-refractivity contribution in [1.82, 2.24) is 9.71 Å². The highest BCUT2D eigenvalue weighted by molar-refractivity contribution is 7.89. The van der Waals surface area contributed by atoms with Gasteiger partial charge in [0.05, 0.1) is 5.75 Å². The minimum atomic E-state index is -3.13. The quantitative estimate of drug-likeness (QED) is 0.867. The van der Waals surface area contributed by atoms with Crippen LogP contribution in [0.1, 0.15) is 18.1 Å². The summed E-state index contributed by atoms with van der Waals surface area (Å²) in [6.07, 6.45) is 3.52. The molecule has 0 aliphatic rings. The number of aryl methyl sites for hydroxylation is 2. The Bertz CT molecular complexity index is 644. The SMILES string of the molecule is CCc1c[nH]c2ccc(CCS(=O)(=O)NC)cc12. The largest absolute Gasteiger partial charge is 0.361 e. The number of nitrogens with one attached hydrogen (secondary N) is 2. The number of aromatic nitrogens is 1. The molecule has 1 aromatic heterocycles. The van der Waals surface area contributed by atoms with E-state index in [-0.39, 0.29) is 5.75 Å². The Labute approximate surface area is 107 Å². The molecule has 0 amide bonds. The Morgan fingerprint density at radius 1 is 1.33 bits per heavy atom. The maximum atomic E-state index is 11.4. The Kier molecular flexibility index (Phi) is 3.73. The lowest BCUT2D eigenvalue weighted by Crippen LogP contribution is -2.23. The highest BCUT2D eigenvalue weighted by atomic mass is 32.2. The summed E-state index contributed by atoms with van der Waals surface area (Å²) < 4.78 is 25.1. The monoisotopic (exact) mass is 266 g/mol. The van der Waals surface area contributed by atoms with Gasteiger partial charge in [-0.05, 0) is 43.1 Å². The molecule has 1 heterocycles. The molecule has 2 rings (SSSR count). The van der Waals surface area contributed by atoms with E-state index in [2.05, 4.69) is 22.7 Å². The standard InChI is InChI=1S/C13H18N2O2S/c1-3-11-9-15-13-5-4-10(8-12(11)13)6-7-18(16,17)14-2/h4-5,8-9,14-15H,3,6-7H2,1-2H3. The molecule has 0 fully saturated rings. The second-order valence-corrected chi connectivity index (χ2v) is 6.37. The molecule has 0 radical (unpaired) electrons. The highest BCUT2D eigenvalue weighted by Crippen LogP contribution is 2.20. The van der Waals surface area contributed by atoms with Crippen molar-refractivity contribution in [2.45, 2.75) is 19.8 Å². The van der Waals surface area contributed by atoms with Crippen LogP contribution in [-0.4, -0.2) is 26.2 Å². The van der Waals surface area contributed by atoms with E-state index >= 15 is 0 Å². The zero-order chi connectivity index (χ0) is 13.2. The fourth-order valence-corrected chi connectivity index (χ4v) is 2.74. The van der Waals surface area contributed by atoms with E-state index in [0.717, 1.165) is 17.5 Å². The van der Waals surface area contributed by atoms with Gasteiger partial charge in [-0.1, -0.05) is 13.0 Å². The summed E-state index contributed by atoms with van der Waals surface area (Å²) in [6.45, 7) is 2.11. The van der Waals surface area contributed by atoms with E-state index in [9.17, 15) is 8.42 Å². The Morgan fingerprint density at radius 2 is 2.11 bits per heavy atom. The van der Waals surface area contributed by atoms with Crippen LogP contribution in [0.3, 0.4) is 0 Å². The fourth-order valence-electron chi connectivity index (χ4n) is 2.03. The molecule has 0 aliphatic carbocycles. The third-order valence-electron chi connectivity index (χ3n) is 3.18. The average molecular weight is 266 g/mol. The molecule has 1 aromatic carbocycles. The van der Waals surface area contributed by atoms with Crippen LogP contribution >= 0.6 is 0 Å². The number of hydrogen-bond donors (Lipinski definition) is 2. The van der Waals surface area contributed by atoms with Gasteiger partial charge in [-0.3, -0.25) is 0 Å². The average Bonchev–Trinajstić information content (AvgIpc) is 2.78. The first-order chi connectivity index (χ1) is 8.55. The fraction of sp³-hybridized carbons (Fsp3) is 0.385. The molecule has 4 nitrogen and oxygen atoms in total. The first kappa shape index (κ1) is 13.1. The van der Waals surface area contributed by atoms with Crippen LogP contribution in [0.15, 0.2) is 24.4 Å². The van der Waals surface area contributed by atoms with Gasteiger partial charge in [0.15, 0.2) is 0 Å². The molecule has 5 heteroatoms. The zero-order valence-electron chi connectivity index (χ0n) is 10.7. The molecule has 0 aliphatic heterocycles.